The Bertz CT molecular complexity index is 406. The number of alkyl halides is 3. The molecule has 0 bridgehead atoms. The van der Waals surface area contributed by atoms with Crippen molar-refractivity contribution in [1.82, 2.24) is 5.32 Å². The van der Waals surface area contributed by atoms with Crippen LogP contribution in [0.5, 0.6) is 5.75 Å². The first-order chi connectivity index (χ1) is 9.34. The van der Waals surface area contributed by atoms with Crippen molar-refractivity contribution in [3.63, 3.8) is 0 Å². The van der Waals surface area contributed by atoms with Crippen LogP contribution < -0.4 is 10.1 Å². The molecule has 20 heavy (non-hydrogen) atoms. The van der Waals surface area contributed by atoms with Gasteiger partial charge >= 0.3 is 6.18 Å². The van der Waals surface area contributed by atoms with E-state index >= 15 is 0 Å². The minimum absolute atomic E-state index is 0.113. The van der Waals surface area contributed by atoms with Gasteiger partial charge in [-0.3, -0.25) is 0 Å². The standard InChI is InChI=1S/C15H22F3NO/c1-4-7-11(2)19-10-12(3)20-14-9-6-5-8-13(14)15(16,17)18/h5-6,8-9,11-12,19H,4,7,10H2,1-3H3. The fraction of sp³-hybridized carbons (Fsp3) is 0.600. The van der Waals surface area contributed by atoms with Gasteiger partial charge < -0.3 is 10.1 Å². The van der Waals surface area contributed by atoms with E-state index in [4.69, 9.17) is 4.74 Å². The summed E-state index contributed by atoms with van der Waals surface area (Å²) in [6, 6.07) is 5.64. The maximum atomic E-state index is 12.8. The Hall–Kier alpha value is -1.23. The summed E-state index contributed by atoms with van der Waals surface area (Å²) in [6.07, 6.45) is -2.61. The second kappa shape index (κ2) is 7.53. The maximum absolute atomic E-state index is 12.8. The van der Waals surface area contributed by atoms with Gasteiger partial charge in [0.2, 0.25) is 0 Å². The third kappa shape index (κ3) is 5.41. The molecule has 0 aliphatic rings. The number of nitrogens with one attached hydrogen (secondary N) is 1. The fourth-order valence-corrected chi connectivity index (χ4v) is 1.96. The van der Waals surface area contributed by atoms with E-state index in [1.165, 1.54) is 12.1 Å². The average Bonchev–Trinajstić information content (AvgIpc) is 2.36. The molecule has 0 fully saturated rings. The maximum Gasteiger partial charge on any atom is 0.419 e. The molecule has 0 saturated heterocycles. The van der Waals surface area contributed by atoms with Crippen molar-refractivity contribution in [2.24, 2.45) is 0 Å². The molecular formula is C15H22F3NO. The number of para-hydroxylation sites is 1. The average molecular weight is 289 g/mol. The van der Waals surface area contributed by atoms with Crippen LogP contribution >= 0.6 is 0 Å². The van der Waals surface area contributed by atoms with Crippen LogP contribution in [0.3, 0.4) is 0 Å². The summed E-state index contributed by atoms with van der Waals surface area (Å²) in [5, 5.41) is 3.26. The van der Waals surface area contributed by atoms with E-state index in [1.54, 1.807) is 13.0 Å². The van der Waals surface area contributed by atoms with Crippen LogP contribution in [0.25, 0.3) is 0 Å². The molecule has 2 nitrogen and oxygen atoms in total. The van der Waals surface area contributed by atoms with E-state index in [1.807, 2.05) is 0 Å². The first kappa shape index (κ1) is 16.8. The second-order valence-corrected chi connectivity index (χ2v) is 5.02. The van der Waals surface area contributed by atoms with Gasteiger partial charge in [0, 0.05) is 12.6 Å². The number of halogens is 3. The lowest BCUT2D eigenvalue weighted by atomic mass is 10.2. The van der Waals surface area contributed by atoms with Crippen molar-refractivity contribution in [1.29, 1.82) is 0 Å². The lowest BCUT2D eigenvalue weighted by Gasteiger charge is -2.21. The lowest BCUT2D eigenvalue weighted by Crippen LogP contribution is -2.35. The fourth-order valence-electron chi connectivity index (χ4n) is 1.96. The third-order valence-electron chi connectivity index (χ3n) is 3.00. The zero-order valence-electron chi connectivity index (χ0n) is 12.1. The highest BCUT2D eigenvalue weighted by Gasteiger charge is 2.34. The molecule has 1 N–H and O–H groups in total. The van der Waals surface area contributed by atoms with Crippen LogP contribution in [0, 0.1) is 0 Å². The van der Waals surface area contributed by atoms with Gasteiger partial charge in [0.15, 0.2) is 0 Å². The molecule has 5 heteroatoms. The Morgan fingerprint density at radius 2 is 1.85 bits per heavy atom. The third-order valence-corrected chi connectivity index (χ3v) is 3.00. The Morgan fingerprint density at radius 3 is 2.45 bits per heavy atom. The topological polar surface area (TPSA) is 21.3 Å². The highest BCUT2D eigenvalue weighted by molar-refractivity contribution is 5.35. The highest BCUT2D eigenvalue weighted by Crippen LogP contribution is 2.36. The van der Waals surface area contributed by atoms with Gasteiger partial charge in [-0.1, -0.05) is 25.5 Å². The summed E-state index contributed by atoms with van der Waals surface area (Å²) >= 11 is 0. The molecule has 1 aromatic carbocycles. The number of hydrogen-bond acceptors (Lipinski definition) is 2. The first-order valence-electron chi connectivity index (χ1n) is 6.90. The van der Waals surface area contributed by atoms with Crippen molar-refractivity contribution in [2.45, 2.75) is 51.9 Å². The molecule has 1 aromatic rings. The zero-order chi connectivity index (χ0) is 15.2. The summed E-state index contributed by atoms with van der Waals surface area (Å²) in [7, 11) is 0. The van der Waals surface area contributed by atoms with E-state index in [0.717, 1.165) is 18.9 Å². The zero-order valence-corrected chi connectivity index (χ0v) is 12.1. The quantitative estimate of drug-likeness (QED) is 0.810. The highest BCUT2D eigenvalue weighted by atomic mass is 19.4. The summed E-state index contributed by atoms with van der Waals surface area (Å²) in [6.45, 7) is 6.43. The van der Waals surface area contributed by atoms with Gasteiger partial charge in [-0.2, -0.15) is 13.2 Å². The van der Waals surface area contributed by atoms with E-state index in [-0.39, 0.29) is 11.9 Å². The van der Waals surface area contributed by atoms with Crippen molar-refractivity contribution >= 4 is 0 Å². The predicted molar refractivity (Wildman–Crippen MR) is 73.9 cm³/mol. The van der Waals surface area contributed by atoms with Crippen LogP contribution in [0.4, 0.5) is 13.2 Å². The molecule has 0 heterocycles. The lowest BCUT2D eigenvalue weighted by molar-refractivity contribution is -0.139. The Balaban J connectivity index is 2.60. The molecule has 0 aliphatic heterocycles. The number of rotatable bonds is 7. The molecule has 2 unspecified atom stereocenters. The van der Waals surface area contributed by atoms with Gasteiger partial charge in [-0.25, -0.2) is 0 Å². The van der Waals surface area contributed by atoms with Crippen LogP contribution in [0.2, 0.25) is 0 Å². The molecule has 0 aromatic heterocycles. The van der Waals surface area contributed by atoms with E-state index in [9.17, 15) is 13.2 Å². The molecule has 0 saturated carbocycles. The van der Waals surface area contributed by atoms with Gasteiger partial charge in [0.1, 0.15) is 11.9 Å². The van der Waals surface area contributed by atoms with Gasteiger partial charge in [-0.05, 0) is 32.4 Å². The normalized spacial score (nSPS) is 14.9. The van der Waals surface area contributed by atoms with Crippen LogP contribution in [0.1, 0.15) is 39.2 Å². The van der Waals surface area contributed by atoms with E-state index < -0.39 is 11.7 Å². The van der Waals surface area contributed by atoms with Crippen LogP contribution in [-0.4, -0.2) is 18.7 Å². The van der Waals surface area contributed by atoms with Crippen molar-refractivity contribution in [3.8, 4) is 5.75 Å². The molecule has 1 rings (SSSR count). The Morgan fingerprint density at radius 1 is 1.20 bits per heavy atom. The monoisotopic (exact) mass is 289 g/mol. The largest absolute Gasteiger partial charge is 0.489 e. The summed E-state index contributed by atoms with van der Waals surface area (Å²) in [4.78, 5) is 0. The van der Waals surface area contributed by atoms with Crippen molar-refractivity contribution < 1.29 is 17.9 Å². The summed E-state index contributed by atoms with van der Waals surface area (Å²) in [5.41, 5.74) is -0.728. The molecule has 0 spiro atoms. The van der Waals surface area contributed by atoms with Gasteiger partial charge in [0.25, 0.3) is 0 Å². The number of ether oxygens (including phenoxy) is 1. The van der Waals surface area contributed by atoms with Crippen LogP contribution in [-0.2, 0) is 6.18 Å². The van der Waals surface area contributed by atoms with E-state index in [0.29, 0.717) is 12.6 Å². The molecule has 114 valence electrons. The van der Waals surface area contributed by atoms with Gasteiger partial charge in [0.05, 0.1) is 5.56 Å². The summed E-state index contributed by atoms with van der Waals surface area (Å²) < 4.78 is 43.9. The Kier molecular flexibility index (Phi) is 6.33. The molecular weight excluding hydrogens is 267 g/mol. The van der Waals surface area contributed by atoms with Gasteiger partial charge in [-0.15, -0.1) is 0 Å². The van der Waals surface area contributed by atoms with Crippen LogP contribution in [0.15, 0.2) is 24.3 Å². The van der Waals surface area contributed by atoms with Crippen molar-refractivity contribution in [2.75, 3.05) is 6.54 Å². The number of hydrogen-bond donors (Lipinski definition) is 1. The SMILES string of the molecule is CCCC(C)NCC(C)Oc1ccccc1C(F)(F)F. The molecule has 0 radical (unpaired) electrons. The smallest absolute Gasteiger partial charge is 0.419 e. The Labute approximate surface area is 118 Å². The van der Waals surface area contributed by atoms with E-state index in [2.05, 4.69) is 19.2 Å². The summed E-state index contributed by atoms with van der Waals surface area (Å²) in [5.74, 6) is -0.113. The minimum Gasteiger partial charge on any atom is -0.489 e. The molecule has 0 aliphatic carbocycles. The predicted octanol–water partition coefficient (Wildman–Crippen LogP) is 4.25. The number of benzene rings is 1. The van der Waals surface area contributed by atoms with Crippen molar-refractivity contribution in [3.05, 3.63) is 29.8 Å². The molecule has 0 amide bonds. The first-order valence-corrected chi connectivity index (χ1v) is 6.90. The minimum atomic E-state index is -4.39. The molecule has 2 atom stereocenters. The second-order valence-electron chi connectivity index (χ2n) is 5.02.